The van der Waals surface area contributed by atoms with Crippen LogP contribution in [0.5, 0.6) is 0 Å². The molecule has 6 heteroatoms. The molecule has 1 amide bonds. The van der Waals surface area contributed by atoms with Crippen molar-refractivity contribution in [3.05, 3.63) is 30.7 Å². The summed E-state index contributed by atoms with van der Waals surface area (Å²) in [4.78, 5) is 26.4. The van der Waals surface area contributed by atoms with Gasteiger partial charge >= 0.3 is 0 Å². The Balaban J connectivity index is 1.55. The molecule has 0 unspecified atom stereocenters. The minimum Gasteiger partial charge on any atom is -0.365 e. The Bertz CT molecular complexity index is 810. The highest BCUT2D eigenvalue weighted by Gasteiger charge is 2.30. The van der Waals surface area contributed by atoms with E-state index < -0.39 is 0 Å². The fourth-order valence-corrected chi connectivity index (χ4v) is 4.08. The molecule has 0 radical (unpaired) electrons. The molecule has 2 atom stereocenters. The minimum atomic E-state index is 0.0206. The number of amides is 1. The van der Waals surface area contributed by atoms with Crippen LogP contribution in [0.4, 0.5) is 5.82 Å². The van der Waals surface area contributed by atoms with E-state index in [2.05, 4.69) is 40.0 Å². The van der Waals surface area contributed by atoms with Gasteiger partial charge in [0.15, 0.2) is 0 Å². The molecule has 6 nitrogen and oxygen atoms in total. The number of nitrogens with one attached hydrogen (secondary N) is 2. The van der Waals surface area contributed by atoms with Crippen molar-refractivity contribution < 1.29 is 4.79 Å². The smallest absolute Gasteiger partial charge is 0.246 e. The van der Waals surface area contributed by atoms with Crippen LogP contribution in [-0.4, -0.2) is 44.4 Å². The highest BCUT2D eigenvalue weighted by molar-refractivity contribution is 5.90. The molecule has 26 heavy (non-hydrogen) atoms. The van der Waals surface area contributed by atoms with Gasteiger partial charge in [-0.15, -0.1) is 0 Å². The number of rotatable bonds is 6. The number of aromatic amines is 1. The third-order valence-electron chi connectivity index (χ3n) is 5.73. The highest BCUT2D eigenvalue weighted by atomic mass is 16.2. The van der Waals surface area contributed by atoms with Crippen molar-refractivity contribution in [3.8, 4) is 0 Å². The number of carbonyl (C=O) groups excluding carboxylic acids is 1. The van der Waals surface area contributed by atoms with Crippen molar-refractivity contribution in [2.75, 3.05) is 11.9 Å². The van der Waals surface area contributed by atoms with Gasteiger partial charge in [0.05, 0.1) is 5.39 Å². The first-order valence-electron chi connectivity index (χ1n) is 9.70. The van der Waals surface area contributed by atoms with Crippen molar-refractivity contribution in [1.29, 1.82) is 0 Å². The lowest BCUT2D eigenvalue weighted by Crippen LogP contribution is -2.50. The summed E-state index contributed by atoms with van der Waals surface area (Å²) in [6.07, 6.45) is 11.9. The number of anilines is 1. The number of hydrogen-bond acceptors (Lipinski definition) is 4. The maximum Gasteiger partial charge on any atom is 0.246 e. The molecule has 1 saturated carbocycles. The summed E-state index contributed by atoms with van der Waals surface area (Å²) in [5, 5.41) is 4.71. The van der Waals surface area contributed by atoms with Gasteiger partial charge in [-0.25, -0.2) is 9.97 Å². The molecule has 0 aromatic carbocycles. The van der Waals surface area contributed by atoms with Gasteiger partial charge in [-0.3, -0.25) is 4.79 Å². The van der Waals surface area contributed by atoms with Gasteiger partial charge in [0.1, 0.15) is 17.8 Å². The molecule has 3 heterocycles. The summed E-state index contributed by atoms with van der Waals surface area (Å²) in [6, 6.07) is 0.505. The van der Waals surface area contributed by atoms with E-state index in [1.54, 1.807) is 6.33 Å². The molecule has 1 aliphatic carbocycles. The third-order valence-corrected chi connectivity index (χ3v) is 5.73. The Kier molecular flexibility index (Phi) is 4.66. The topological polar surface area (TPSA) is 73.9 Å². The van der Waals surface area contributed by atoms with E-state index in [1.165, 1.54) is 24.5 Å². The average Bonchev–Trinajstić information content (AvgIpc) is 3.39. The quantitative estimate of drug-likeness (QED) is 0.782. The van der Waals surface area contributed by atoms with Crippen molar-refractivity contribution >= 4 is 22.8 Å². The van der Waals surface area contributed by atoms with E-state index in [4.69, 9.17) is 0 Å². The molecule has 4 rings (SSSR count). The first-order valence-corrected chi connectivity index (χ1v) is 9.70. The van der Waals surface area contributed by atoms with Gasteiger partial charge in [-0.05, 0) is 56.1 Å². The lowest BCUT2D eigenvalue weighted by atomic mass is 9.96. The molecule has 2 aromatic rings. The highest BCUT2D eigenvalue weighted by Crippen LogP contribution is 2.36. The van der Waals surface area contributed by atoms with E-state index in [0.717, 1.165) is 48.5 Å². The normalized spacial score (nSPS) is 23.2. The van der Waals surface area contributed by atoms with Crippen LogP contribution < -0.4 is 5.32 Å². The largest absolute Gasteiger partial charge is 0.365 e. The molecular formula is C20H27N5O. The lowest BCUT2D eigenvalue weighted by molar-refractivity contribution is -0.129. The maximum absolute atomic E-state index is 12.2. The Hall–Kier alpha value is -2.37. The molecular weight excluding hydrogens is 326 g/mol. The number of likely N-dealkylation sites (tertiary alicyclic amines) is 1. The first kappa shape index (κ1) is 17.1. The Morgan fingerprint density at radius 2 is 2.23 bits per heavy atom. The zero-order valence-corrected chi connectivity index (χ0v) is 15.4. The number of piperidine rings is 1. The van der Waals surface area contributed by atoms with E-state index in [1.807, 2.05) is 4.90 Å². The molecule has 2 aromatic heterocycles. The van der Waals surface area contributed by atoms with Gasteiger partial charge in [-0.1, -0.05) is 13.5 Å². The number of fused-ring (bicyclic) bond motifs is 1. The first-order chi connectivity index (χ1) is 12.7. The van der Waals surface area contributed by atoms with E-state index in [9.17, 15) is 4.79 Å². The monoisotopic (exact) mass is 353 g/mol. The van der Waals surface area contributed by atoms with E-state index >= 15 is 0 Å². The minimum absolute atomic E-state index is 0.0206. The summed E-state index contributed by atoms with van der Waals surface area (Å²) in [5.41, 5.74) is 2.19. The second-order valence-corrected chi connectivity index (χ2v) is 7.58. The van der Waals surface area contributed by atoms with Crippen LogP contribution >= 0.6 is 0 Å². The van der Waals surface area contributed by atoms with Crippen molar-refractivity contribution in [1.82, 2.24) is 19.9 Å². The van der Waals surface area contributed by atoms with Crippen LogP contribution in [-0.2, 0) is 11.2 Å². The predicted molar refractivity (Wildman–Crippen MR) is 103 cm³/mol. The number of carbonyl (C=O) groups is 1. The van der Waals surface area contributed by atoms with Gasteiger partial charge in [0.2, 0.25) is 5.91 Å². The maximum atomic E-state index is 12.2. The van der Waals surface area contributed by atoms with Crippen molar-refractivity contribution in [2.45, 2.75) is 57.5 Å². The zero-order valence-electron chi connectivity index (χ0n) is 15.4. The molecule has 0 spiro atoms. The fourth-order valence-electron chi connectivity index (χ4n) is 4.08. The molecule has 1 saturated heterocycles. The SMILES string of the molecule is C=CC(=O)N1C[C@H](Nc2ncnc3[nH]cc(CC4CC4)c23)CC[C@@H]1CC. The Morgan fingerprint density at radius 1 is 1.38 bits per heavy atom. The number of aromatic nitrogens is 3. The molecule has 2 N–H and O–H groups in total. The van der Waals surface area contributed by atoms with Crippen molar-refractivity contribution in [2.24, 2.45) is 5.92 Å². The van der Waals surface area contributed by atoms with Crippen LogP contribution in [0.1, 0.15) is 44.6 Å². The number of nitrogens with zero attached hydrogens (tertiary/aromatic N) is 3. The van der Waals surface area contributed by atoms with Gasteiger partial charge in [0.25, 0.3) is 0 Å². The lowest BCUT2D eigenvalue weighted by Gasteiger charge is -2.39. The zero-order chi connectivity index (χ0) is 18.1. The molecule has 138 valence electrons. The molecule has 2 fully saturated rings. The van der Waals surface area contributed by atoms with Gasteiger partial charge in [0, 0.05) is 24.8 Å². The van der Waals surface area contributed by atoms with E-state index in [0.29, 0.717) is 12.6 Å². The molecule has 0 bridgehead atoms. The van der Waals surface area contributed by atoms with Crippen LogP contribution in [0.3, 0.4) is 0 Å². The summed E-state index contributed by atoms with van der Waals surface area (Å²) in [7, 11) is 0. The standard InChI is InChI=1S/C20H27N5O/c1-3-16-8-7-15(11-25(16)17(26)4-2)24-20-18-14(9-13-5-6-13)10-21-19(18)22-12-23-20/h4,10,12-13,15-16H,2-3,5-9,11H2,1H3,(H2,21,22,23,24)/t15-,16+/m1/s1. The average molecular weight is 353 g/mol. The Labute approximate surface area is 154 Å². The summed E-state index contributed by atoms with van der Waals surface area (Å²) < 4.78 is 0. The van der Waals surface area contributed by atoms with Crippen LogP contribution in [0.15, 0.2) is 25.2 Å². The summed E-state index contributed by atoms with van der Waals surface area (Å²) >= 11 is 0. The second-order valence-electron chi connectivity index (χ2n) is 7.58. The van der Waals surface area contributed by atoms with Gasteiger partial charge < -0.3 is 15.2 Å². The molecule has 2 aliphatic rings. The summed E-state index contributed by atoms with van der Waals surface area (Å²) in [6.45, 7) is 6.49. The number of H-pyrrole nitrogens is 1. The third kappa shape index (κ3) is 3.32. The second kappa shape index (κ2) is 7.09. The van der Waals surface area contributed by atoms with Crippen molar-refractivity contribution in [3.63, 3.8) is 0 Å². The fraction of sp³-hybridized carbons (Fsp3) is 0.550. The summed E-state index contributed by atoms with van der Waals surface area (Å²) in [5.74, 6) is 1.72. The number of hydrogen-bond donors (Lipinski definition) is 2. The molecule has 1 aliphatic heterocycles. The Morgan fingerprint density at radius 3 is 2.96 bits per heavy atom. The van der Waals surface area contributed by atoms with Crippen LogP contribution in [0, 0.1) is 5.92 Å². The van der Waals surface area contributed by atoms with Crippen LogP contribution in [0.2, 0.25) is 0 Å². The van der Waals surface area contributed by atoms with Gasteiger partial charge in [-0.2, -0.15) is 0 Å². The predicted octanol–water partition coefficient (Wildman–Crippen LogP) is 3.28. The van der Waals surface area contributed by atoms with E-state index in [-0.39, 0.29) is 11.9 Å². The van der Waals surface area contributed by atoms with Crippen LogP contribution in [0.25, 0.3) is 11.0 Å².